The Morgan fingerprint density at radius 3 is 2.73 bits per heavy atom. The number of hydrogen-bond donors (Lipinski definition) is 2. The molecular formula is C25H26N4O3S. The van der Waals surface area contributed by atoms with Crippen molar-refractivity contribution >= 4 is 27.5 Å². The van der Waals surface area contributed by atoms with Crippen LogP contribution in [0.1, 0.15) is 51.3 Å². The van der Waals surface area contributed by atoms with E-state index in [1.54, 1.807) is 6.26 Å². The summed E-state index contributed by atoms with van der Waals surface area (Å²) in [6.45, 7) is 4.24. The van der Waals surface area contributed by atoms with Crippen LogP contribution >= 0.6 is 11.3 Å². The number of furan rings is 1. The Morgan fingerprint density at radius 1 is 1.21 bits per heavy atom. The Balaban J connectivity index is 1.37. The SMILES string of the molecule is Cc1c(C(=O)NCC(c2ccco2)N2CCCC2)sc2nc(Cc3ccccc3)[nH]c(=O)c12. The molecule has 170 valence electrons. The standard InChI is InChI=1S/C25H26N4O3S/c1-16-21-23(30)27-20(14-17-8-3-2-4-9-17)28-25(21)33-22(16)24(31)26-15-18(19-10-7-13-32-19)29-11-5-6-12-29/h2-4,7-10,13,18H,5-6,11-12,14-15H2,1H3,(H,26,31)(H,27,28,30). The fourth-order valence-electron chi connectivity index (χ4n) is 4.49. The first-order valence-electron chi connectivity index (χ1n) is 11.2. The zero-order valence-corrected chi connectivity index (χ0v) is 19.3. The van der Waals surface area contributed by atoms with E-state index in [0.29, 0.717) is 39.4 Å². The highest BCUT2D eigenvalue weighted by molar-refractivity contribution is 7.20. The summed E-state index contributed by atoms with van der Waals surface area (Å²) in [6, 6.07) is 13.7. The zero-order valence-electron chi connectivity index (χ0n) is 18.5. The number of benzene rings is 1. The number of aromatic amines is 1. The first-order chi connectivity index (χ1) is 16.1. The maximum atomic E-state index is 13.1. The lowest BCUT2D eigenvalue weighted by molar-refractivity contribution is 0.0937. The number of carbonyl (C=O) groups excluding carboxylic acids is 1. The van der Waals surface area contributed by atoms with Gasteiger partial charge in [-0.05, 0) is 56.1 Å². The normalized spacial score (nSPS) is 15.2. The molecule has 0 bridgehead atoms. The predicted octanol–water partition coefficient (Wildman–Crippen LogP) is 4.04. The molecule has 1 fully saturated rings. The molecule has 0 aliphatic carbocycles. The Kier molecular flexibility index (Phi) is 6.11. The number of nitrogens with zero attached hydrogens (tertiary/aromatic N) is 2. The molecular weight excluding hydrogens is 436 g/mol. The van der Waals surface area contributed by atoms with Gasteiger partial charge >= 0.3 is 0 Å². The molecule has 1 amide bonds. The van der Waals surface area contributed by atoms with Crippen LogP contribution in [0.4, 0.5) is 0 Å². The molecule has 1 saturated heterocycles. The first-order valence-corrected chi connectivity index (χ1v) is 12.0. The lowest BCUT2D eigenvalue weighted by Crippen LogP contribution is -2.36. The molecule has 4 heterocycles. The summed E-state index contributed by atoms with van der Waals surface area (Å²) in [6.07, 6.45) is 4.51. The van der Waals surface area contributed by atoms with Crippen molar-refractivity contribution in [3.8, 4) is 0 Å². The average Bonchev–Trinajstić information content (AvgIpc) is 3.57. The fourth-order valence-corrected chi connectivity index (χ4v) is 5.61. The largest absolute Gasteiger partial charge is 0.468 e. The summed E-state index contributed by atoms with van der Waals surface area (Å²) in [4.78, 5) is 36.9. The van der Waals surface area contributed by atoms with Crippen LogP contribution in [0.5, 0.6) is 0 Å². The van der Waals surface area contributed by atoms with Gasteiger partial charge in [-0.1, -0.05) is 30.3 Å². The quantitative estimate of drug-likeness (QED) is 0.433. The molecule has 3 aromatic heterocycles. The van der Waals surface area contributed by atoms with Crippen LogP contribution in [0.25, 0.3) is 10.2 Å². The minimum Gasteiger partial charge on any atom is -0.468 e. The van der Waals surface area contributed by atoms with Crippen LogP contribution in [0.15, 0.2) is 57.9 Å². The van der Waals surface area contributed by atoms with Crippen molar-refractivity contribution < 1.29 is 9.21 Å². The highest BCUT2D eigenvalue weighted by atomic mass is 32.1. The summed E-state index contributed by atoms with van der Waals surface area (Å²) in [7, 11) is 0. The highest BCUT2D eigenvalue weighted by Crippen LogP contribution is 2.28. The van der Waals surface area contributed by atoms with Crippen molar-refractivity contribution in [1.29, 1.82) is 0 Å². The van der Waals surface area contributed by atoms with Gasteiger partial charge < -0.3 is 14.7 Å². The highest BCUT2D eigenvalue weighted by Gasteiger charge is 2.27. The van der Waals surface area contributed by atoms with Gasteiger partial charge in [-0.2, -0.15) is 0 Å². The molecule has 1 aliphatic rings. The molecule has 0 spiro atoms. The number of likely N-dealkylation sites (tertiary alicyclic amines) is 1. The van der Waals surface area contributed by atoms with Gasteiger partial charge in [0.25, 0.3) is 11.5 Å². The fraction of sp³-hybridized carbons (Fsp3) is 0.320. The van der Waals surface area contributed by atoms with Crippen LogP contribution in [0.2, 0.25) is 0 Å². The number of aryl methyl sites for hydroxylation is 1. The number of fused-ring (bicyclic) bond motifs is 1. The van der Waals surface area contributed by atoms with Crippen molar-refractivity contribution in [3.05, 3.63) is 86.7 Å². The number of amides is 1. The van der Waals surface area contributed by atoms with Crippen LogP contribution in [0.3, 0.4) is 0 Å². The van der Waals surface area contributed by atoms with Crippen LogP contribution in [-0.4, -0.2) is 40.4 Å². The van der Waals surface area contributed by atoms with Gasteiger partial charge in [0.05, 0.1) is 22.6 Å². The Labute approximate surface area is 195 Å². The summed E-state index contributed by atoms with van der Waals surface area (Å²) in [5, 5.41) is 3.56. The molecule has 2 N–H and O–H groups in total. The van der Waals surface area contributed by atoms with E-state index in [1.165, 1.54) is 11.3 Å². The van der Waals surface area contributed by atoms with Crippen LogP contribution in [-0.2, 0) is 6.42 Å². The molecule has 4 aromatic rings. The minimum absolute atomic E-state index is 0.000127. The van der Waals surface area contributed by atoms with E-state index in [1.807, 2.05) is 49.4 Å². The van der Waals surface area contributed by atoms with Crippen molar-refractivity contribution in [2.24, 2.45) is 0 Å². The van der Waals surface area contributed by atoms with E-state index < -0.39 is 0 Å². The number of carbonyl (C=O) groups is 1. The third-order valence-corrected chi connectivity index (χ3v) is 7.36. The van der Waals surface area contributed by atoms with E-state index in [0.717, 1.165) is 37.3 Å². The molecule has 1 aliphatic heterocycles. The third kappa shape index (κ3) is 4.49. The maximum Gasteiger partial charge on any atom is 0.261 e. The second-order valence-electron chi connectivity index (χ2n) is 8.40. The first kappa shape index (κ1) is 21.6. The topological polar surface area (TPSA) is 91.2 Å². The molecule has 1 aromatic carbocycles. The summed E-state index contributed by atoms with van der Waals surface area (Å²) in [5.74, 6) is 1.27. The number of hydrogen-bond acceptors (Lipinski definition) is 6. The van der Waals surface area contributed by atoms with Gasteiger partial charge in [-0.15, -0.1) is 11.3 Å². The molecule has 8 heteroatoms. The average molecular weight is 463 g/mol. The molecule has 1 atom stereocenters. The van der Waals surface area contributed by atoms with Crippen molar-refractivity contribution in [2.45, 2.75) is 32.2 Å². The Bertz CT molecular complexity index is 1300. The van der Waals surface area contributed by atoms with Gasteiger partial charge in [0.1, 0.15) is 16.4 Å². The number of thiophene rings is 1. The Morgan fingerprint density at radius 2 is 2.00 bits per heavy atom. The van der Waals surface area contributed by atoms with Gasteiger partial charge in [0, 0.05) is 13.0 Å². The van der Waals surface area contributed by atoms with Crippen molar-refractivity contribution in [2.75, 3.05) is 19.6 Å². The van der Waals surface area contributed by atoms with E-state index in [9.17, 15) is 9.59 Å². The predicted molar refractivity (Wildman–Crippen MR) is 129 cm³/mol. The van der Waals surface area contributed by atoms with Crippen LogP contribution < -0.4 is 10.9 Å². The molecule has 1 unspecified atom stereocenters. The van der Waals surface area contributed by atoms with Crippen molar-refractivity contribution in [3.63, 3.8) is 0 Å². The smallest absolute Gasteiger partial charge is 0.261 e. The van der Waals surface area contributed by atoms with Gasteiger partial charge in [0.2, 0.25) is 0 Å². The molecule has 7 nitrogen and oxygen atoms in total. The third-order valence-electron chi connectivity index (χ3n) is 6.18. The van der Waals surface area contributed by atoms with E-state index >= 15 is 0 Å². The van der Waals surface area contributed by atoms with E-state index in [-0.39, 0.29) is 17.5 Å². The summed E-state index contributed by atoms with van der Waals surface area (Å²) in [5.41, 5.74) is 1.53. The number of nitrogens with one attached hydrogen (secondary N) is 2. The van der Waals surface area contributed by atoms with Gasteiger partial charge in [-0.25, -0.2) is 4.98 Å². The lowest BCUT2D eigenvalue weighted by Gasteiger charge is -2.25. The summed E-state index contributed by atoms with van der Waals surface area (Å²) < 4.78 is 5.65. The minimum atomic E-state index is -0.204. The number of rotatable bonds is 7. The van der Waals surface area contributed by atoms with Crippen molar-refractivity contribution in [1.82, 2.24) is 20.2 Å². The van der Waals surface area contributed by atoms with Gasteiger partial charge in [0.15, 0.2) is 0 Å². The monoisotopic (exact) mass is 462 g/mol. The maximum absolute atomic E-state index is 13.1. The van der Waals surface area contributed by atoms with Gasteiger partial charge in [-0.3, -0.25) is 14.5 Å². The van der Waals surface area contributed by atoms with Crippen LogP contribution in [0, 0.1) is 6.92 Å². The Hall–Kier alpha value is -3.23. The number of H-pyrrole nitrogens is 1. The second-order valence-corrected chi connectivity index (χ2v) is 9.39. The summed E-state index contributed by atoms with van der Waals surface area (Å²) >= 11 is 1.27. The lowest BCUT2D eigenvalue weighted by atomic mass is 10.1. The van der Waals surface area contributed by atoms with E-state index in [4.69, 9.17) is 4.42 Å². The second kappa shape index (κ2) is 9.33. The molecule has 0 saturated carbocycles. The molecule has 0 radical (unpaired) electrons. The molecule has 5 rings (SSSR count). The van der Waals surface area contributed by atoms with E-state index in [2.05, 4.69) is 20.2 Å². The zero-order chi connectivity index (χ0) is 22.8. The number of aromatic nitrogens is 2. The molecule has 33 heavy (non-hydrogen) atoms.